The molecule has 0 fully saturated rings. The Morgan fingerprint density at radius 2 is 1.81 bits per heavy atom. The van der Waals surface area contributed by atoms with Gasteiger partial charge in [-0.3, -0.25) is 14.9 Å². The number of amides is 3. The number of ether oxygens (including phenoxy) is 2. The first-order chi connectivity index (χ1) is 12.9. The molecule has 0 atom stereocenters. The summed E-state index contributed by atoms with van der Waals surface area (Å²) in [6.45, 7) is 5.62. The van der Waals surface area contributed by atoms with E-state index in [0.717, 1.165) is 11.1 Å². The molecular weight excluding hydrogens is 348 g/mol. The predicted octanol–water partition coefficient (Wildman–Crippen LogP) is 3.24. The molecule has 2 aromatic rings. The third-order valence-electron chi connectivity index (χ3n) is 3.65. The van der Waals surface area contributed by atoms with Crippen LogP contribution in [0.3, 0.4) is 0 Å². The van der Waals surface area contributed by atoms with Gasteiger partial charge in [0.25, 0.3) is 5.91 Å². The summed E-state index contributed by atoms with van der Waals surface area (Å²) in [5.74, 6) is 0.0567. The molecule has 0 aromatic heterocycles. The molecular formula is C20H22N2O5. The normalized spacial score (nSPS) is 10.0. The van der Waals surface area contributed by atoms with Gasteiger partial charge in [0.15, 0.2) is 18.1 Å². The lowest BCUT2D eigenvalue weighted by molar-refractivity contribution is -0.121. The summed E-state index contributed by atoms with van der Waals surface area (Å²) >= 11 is 0. The van der Waals surface area contributed by atoms with Crippen molar-refractivity contribution < 1.29 is 23.9 Å². The smallest absolute Gasteiger partial charge is 0.325 e. The number of carbonyl (C=O) groups excluding carboxylic acids is 3. The zero-order valence-electron chi connectivity index (χ0n) is 15.5. The Morgan fingerprint density at radius 1 is 1.04 bits per heavy atom. The highest BCUT2D eigenvalue weighted by molar-refractivity contribution is 6.01. The third kappa shape index (κ3) is 5.85. The van der Waals surface area contributed by atoms with Crippen LogP contribution >= 0.6 is 0 Å². The Hall–Kier alpha value is -3.35. The summed E-state index contributed by atoms with van der Waals surface area (Å²) in [5, 5.41) is 4.83. The number of aldehydes is 1. The molecule has 7 heteroatoms. The number of aryl methyl sites for hydroxylation is 2. The van der Waals surface area contributed by atoms with Crippen LogP contribution < -0.4 is 20.1 Å². The van der Waals surface area contributed by atoms with Crippen LogP contribution in [0.25, 0.3) is 0 Å². The highest BCUT2D eigenvalue weighted by Crippen LogP contribution is 2.28. The van der Waals surface area contributed by atoms with Crippen LogP contribution in [0.4, 0.5) is 10.5 Å². The minimum atomic E-state index is -0.642. The molecule has 2 aromatic carbocycles. The van der Waals surface area contributed by atoms with E-state index in [9.17, 15) is 14.4 Å². The number of nitrogens with one attached hydrogen (secondary N) is 2. The van der Waals surface area contributed by atoms with Crippen LogP contribution in [0.1, 0.15) is 28.4 Å². The van der Waals surface area contributed by atoms with Gasteiger partial charge in [0.2, 0.25) is 0 Å². The van der Waals surface area contributed by atoms with E-state index in [4.69, 9.17) is 9.47 Å². The Bertz CT molecular complexity index is 848. The molecule has 0 heterocycles. The monoisotopic (exact) mass is 370 g/mol. The summed E-state index contributed by atoms with van der Waals surface area (Å²) in [7, 11) is 0. The summed E-state index contributed by atoms with van der Waals surface area (Å²) < 4.78 is 10.8. The highest BCUT2D eigenvalue weighted by atomic mass is 16.5. The van der Waals surface area contributed by atoms with Crippen molar-refractivity contribution in [3.63, 3.8) is 0 Å². The van der Waals surface area contributed by atoms with Crippen molar-refractivity contribution in [3.05, 3.63) is 53.1 Å². The standard InChI is InChI=1S/C20H22N2O5/c1-4-26-18-10-15(11-23)6-8-17(18)27-12-19(24)22-20(25)21-16-7-5-13(2)9-14(16)3/h5-11H,4,12H2,1-3H3,(H2,21,22,24,25). The number of carbonyl (C=O) groups is 3. The molecule has 0 saturated carbocycles. The van der Waals surface area contributed by atoms with Crippen LogP contribution in [0, 0.1) is 13.8 Å². The molecule has 27 heavy (non-hydrogen) atoms. The highest BCUT2D eigenvalue weighted by Gasteiger charge is 2.12. The quantitative estimate of drug-likeness (QED) is 0.730. The second-order valence-corrected chi connectivity index (χ2v) is 5.87. The molecule has 0 spiro atoms. The van der Waals surface area contributed by atoms with Crippen LogP contribution in [0.5, 0.6) is 11.5 Å². The van der Waals surface area contributed by atoms with Crippen molar-refractivity contribution in [3.8, 4) is 11.5 Å². The Balaban J connectivity index is 1.92. The van der Waals surface area contributed by atoms with Gasteiger partial charge in [-0.1, -0.05) is 17.7 Å². The fraction of sp³-hybridized carbons (Fsp3) is 0.250. The molecule has 2 N–H and O–H groups in total. The fourth-order valence-corrected chi connectivity index (χ4v) is 2.40. The lowest BCUT2D eigenvalue weighted by Crippen LogP contribution is -2.37. The van der Waals surface area contributed by atoms with E-state index in [2.05, 4.69) is 10.6 Å². The van der Waals surface area contributed by atoms with Gasteiger partial charge in [0.1, 0.15) is 6.29 Å². The second kappa shape index (κ2) is 9.38. The average Bonchev–Trinajstić information content (AvgIpc) is 2.63. The van der Waals surface area contributed by atoms with Gasteiger partial charge in [0, 0.05) is 11.3 Å². The zero-order chi connectivity index (χ0) is 19.8. The van der Waals surface area contributed by atoms with Crippen LogP contribution in [0.15, 0.2) is 36.4 Å². The minimum Gasteiger partial charge on any atom is -0.490 e. The van der Waals surface area contributed by atoms with E-state index in [1.54, 1.807) is 19.1 Å². The first kappa shape index (κ1) is 20.0. The van der Waals surface area contributed by atoms with Crippen molar-refractivity contribution in [1.29, 1.82) is 0 Å². The number of imide groups is 1. The minimum absolute atomic E-state index is 0.312. The van der Waals surface area contributed by atoms with E-state index < -0.39 is 11.9 Å². The van der Waals surface area contributed by atoms with Gasteiger partial charge < -0.3 is 14.8 Å². The number of anilines is 1. The SMILES string of the molecule is CCOc1cc(C=O)ccc1OCC(=O)NC(=O)Nc1ccc(C)cc1C. The number of rotatable bonds is 7. The van der Waals surface area contributed by atoms with Gasteiger partial charge in [-0.25, -0.2) is 4.79 Å². The molecule has 0 aliphatic carbocycles. The average molecular weight is 370 g/mol. The van der Waals surface area contributed by atoms with E-state index in [-0.39, 0.29) is 6.61 Å². The molecule has 0 unspecified atom stereocenters. The van der Waals surface area contributed by atoms with E-state index >= 15 is 0 Å². The first-order valence-corrected chi connectivity index (χ1v) is 8.45. The number of hydrogen-bond donors (Lipinski definition) is 2. The molecule has 0 aliphatic rings. The van der Waals surface area contributed by atoms with Gasteiger partial charge in [-0.15, -0.1) is 0 Å². The molecule has 0 bridgehead atoms. The Morgan fingerprint density at radius 3 is 2.48 bits per heavy atom. The molecule has 0 radical (unpaired) electrons. The van der Waals surface area contributed by atoms with Gasteiger partial charge >= 0.3 is 6.03 Å². The molecule has 3 amide bonds. The van der Waals surface area contributed by atoms with Crippen LogP contribution in [-0.4, -0.2) is 31.4 Å². The number of urea groups is 1. The van der Waals surface area contributed by atoms with Crippen molar-refractivity contribution in [1.82, 2.24) is 5.32 Å². The maximum absolute atomic E-state index is 12.0. The lowest BCUT2D eigenvalue weighted by atomic mass is 10.1. The first-order valence-electron chi connectivity index (χ1n) is 8.45. The van der Waals surface area contributed by atoms with Crippen LogP contribution in [-0.2, 0) is 4.79 Å². The molecule has 0 aliphatic heterocycles. The van der Waals surface area contributed by atoms with E-state index in [1.165, 1.54) is 12.1 Å². The number of hydrogen-bond acceptors (Lipinski definition) is 5. The number of benzene rings is 2. The van der Waals surface area contributed by atoms with Crippen LogP contribution in [0.2, 0.25) is 0 Å². The third-order valence-corrected chi connectivity index (χ3v) is 3.65. The summed E-state index contributed by atoms with van der Waals surface area (Å²) in [6.07, 6.45) is 0.691. The topological polar surface area (TPSA) is 93.7 Å². The van der Waals surface area contributed by atoms with E-state index in [0.29, 0.717) is 35.6 Å². The summed E-state index contributed by atoms with van der Waals surface area (Å²) in [5.41, 5.74) is 3.03. The van der Waals surface area contributed by atoms with Crippen molar-refractivity contribution >= 4 is 23.9 Å². The van der Waals surface area contributed by atoms with Gasteiger partial charge in [-0.2, -0.15) is 0 Å². The predicted molar refractivity (Wildman–Crippen MR) is 102 cm³/mol. The Labute approximate surface area is 157 Å². The fourth-order valence-electron chi connectivity index (χ4n) is 2.40. The summed E-state index contributed by atoms with van der Waals surface area (Å²) in [4.78, 5) is 34.8. The molecule has 142 valence electrons. The largest absolute Gasteiger partial charge is 0.490 e. The Kier molecular flexibility index (Phi) is 6.93. The van der Waals surface area contributed by atoms with Gasteiger partial charge in [0.05, 0.1) is 6.61 Å². The van der Waals surface area contributed by atoms with Crippen molar-refractivity contribution in [2.24, 2.45) is 0 Å². The molecule has 7 nitrogen and oxygen atoms in total. The van der Waals surface area contributed by atoms with Crippen molar-refractivity contribution in [2.45, 2.75) is 20.8 Å². The van der Waals surface area contributed by atoms with Crippen molar-refractivity contribution in [2.75, 3.05) is 18.5 Å². The molecule has 2 rings (SSSR count). The maximum Gasteiger partial charge on any atom is 0.325 e. The van der Waals surface area contributed by atoms with E-state index in [1.807, 2.05) is 26.0 Å². The maximum atomic E-state index is 12.0. The van der Waals surface area contributed by atoms with Gasteiger partial charge in [-0.05, 0) is 50.6 Å². The lowest BCUT2D eigenvalue weighted by Gasteiger charge is -2.13. The molecule has 0 saturated heterocycles. The second-order valence-electron chi connectivity index (χ2n) is 5.87. The zero-order valence-corrected chi connectivity index (χ0v) is 15.5. The summed E-state index contributed by atoms with van der Waals surface area (Å²) in [6, 6.07) is 9.54.